The van der Waals surface area contributed by atoms with Crippen LogP contribution in [0, 0.1) is 5.95 Å². The highest BCUT2D eigenvalue weighted by Crippen LogP contribution is 2.03. The van der Waals surface area contributed by atoms with Crippen LogP contribution in [0.4, 0.5) is 4.39 Å². The molecule has 1 heterocycles. The minimum Gasteiger partial charge on any atom is -0.347 e. The predicted octanol–water partition coefficient (Wildman–Crippen LogP) is 0.771. The van der Waals surface area contributed by atoms with Gasteiger partial charge in [-0.15, -0.1) is 0 Å². The lowest BCUT2D eigenvalue weighted by Gasteiger charge is -2.21. The Kier molecular flexibility index (Phi) is 4.76. The fourth-order valence-electron chi connectivity index (χ4n) is 1.32. The fraction of sp³-hybridized carbons (Fsp3) is 0.417. The van der Waals surface area contributed by atoms with Crippen LogP contribution < -0.4 is 0 Å². The van der Waals surface area contributed by atoms with Crippen LogP contribution >= 0.6 is 0 Å². The third-order valence-corrected chi connectivity index (χ3v) is 2.43. The van der Waals surface area contributed by atoms with E-state index in [2.05, 4.69) is 4.98 Å². The van der Waals surface area contributed by atoms with Gasteiger partial charge >= 0.3 is 0 Å². The van der Waals surface area contributed by atoms with Crippen LogP contribution in [0.15, 0.2) is 18.2 Å². The van der Waals surface area contributed by atoms with E-state index in [1.165, 1.54) is 21.9 Å². The van der Waals surface area contributed by atoms with E-state index < -0.39 is 11.9 Å². The van der Waals surface area contributed by atoms with E-state index in [1.807, 2.05) is 0 Å². The lowest BCUT2D eigenvalue weighted by atomic mass is 10.3. The third kappa shape index (κ3) is 3.51. The van der Waals surface area contributed by atoms with Crippen LogP contribution in [0.5, 0.6) is 0 Å². The summed E-state index contributed by atoms with van der Waals surface area (Å²) in [7, 11) is 3.22. The highest BCUT2D eigenvalue weighted by atomic mass is 19.1. The molecule has 0 aliphatic rings. The summed E-state index contributed by atoms with van der Waals surface area (Å²) in [5, 5.41) is 0. The molecule has 0 N–H and O–H groups in total. The van der Waals surface area contributed by atoms with Crippen molar-refractivity contribution in [3.05, 3.63) is 29.8 Å². The van der Waals surface area contributed by atoms with Crippen molar-refractivity contribution in [2.75, 3.05) is 27.2 Å². The second-order valence-electron chi connectivity index (χ2n) is 3.95. The molecule has 0 aliphatic heterocycles. The number of carbonyl (C=O) groups is 2. The van der Waals surface area contributed by atoms with Crippen LogP contribution in [0.2, 0.25) is 0 Å². The molecule has 18 heavy (non-hydrogen) atoms. The van der Waals surface area contributed by atoms with Gasteiger partial charge in [0.25, 0.3) is 5.91 Å². The zero-order valence-corrected chi connectivity index (χ0v) is 10.7. The summed E-state index contributed by atoms with van der Waals surface area (Å²) >= 11 is 0. The number of likely N-dealkylation sites (N-methyl/N-ethyl adjacent to an activating group) is 2. The average Bonchev–Trinajstić information content (AvgIpc) is 2.34. The lowest BCUT2D eigenvalue weighted by Crippen LogP contribution is -2.40. The molecule has 6 heteroatoms. The van der Waals surface area contributed by atoms with Crippen molar-refractivity contribution in [2.45, 2.75) is 6.92 Å². The van der Waals surface area contributed by atoms with E-state index in [0.29, 0.717) is 6.54 Å². The van der Waals surface area contributed by atoms with Crippen molar-refractivity contribution in [2.24, 2.45) is 0 Å². The van der Waals surface area contributed by atoms with Crippen molar-refractivity contribution in [1.82, 2.24) is 14.8 Å². The van der Waals surface area contributed by atoms with Gasteiger partial charge in [0.15, 0.2) is 0 Å². The molecule has 1 aromatic heterocycles. The first-order valence-corrected chi connectivity index (χ1v) is 5.57. The van der Waals surface area contributed by atoms with E-state index in [0.717, 1.165) is 6.07 Å². The lowest BCUT2D eigenvalue weighted by molar-refractivity contribution is -0.129. The van der Waals surface area contributed by atoms with Gasteiger partial charge in [-0.05, 0) is 19.1 Å². The van der Waals surface area contributed by atoms with Gasteiger partial charge in [0.1, 0.15) is 12.2 Å². The van der Waals surface area contributed by atoms with Crippen molar-refractivity contribution < 1.29 is 14.0 Å². The second kappa shape index (κ2) is 6.09. The maximum atomic E-state index is 12.9. The van der Waals surface area contributed by atoms with Gasteiger partial charge in [-0.3, -0.25) is 9.59 Å². The van der Waals surface area contributed by atoms with E-state index in [9.17, 15) is 14.0 Å². The molecule has 1 rings (SSSR count). The molecule has 1 aromatic rings. The van der Waals surface area contributed by atoms with Gasteiger partial charge in [0, 0.05) is 20.6 Å². The van der Waals surface area contributed by atoms with Gasteiger partial charge in [-0.1, -0.05) is 6.07 Å². The summed E-state index contributed by atoms with van der Waals surface area (Å²) in [6.45, 7) is 2.07. The molecule has 0 bridgehead atoms. The first kappa shape index (κ1) is 14.1. The van der Waals surface area contributed by atoms with Crippen molar-refractivity contribution in [1.29, 1.82) is 0 Å². The number of carbonyl (C=O) groups excluding carboxylic acids is 2. The first-order chi connectivity index (χ1) is 8.45. The van der Waals surface area contributed by atoms with Gasteiger partial charge in [0.05, 0.1) is 0 Å². The van der Waals surface area contributed by atoms with E-state index >= 15 is 0 Å². The SMILES string of the molecule is CCN(CC(=O)N(C)C)C(=O)c1cccc(F)n1. The molecule has 0 saturated carbocycles. The summed E-state index contributed by atoms with van der Waals surface area (Å²) in [6, 6.07) is 4.00. The molecule has 0 radical (unpaired) electrons. The number of pyridine rings is 1. The maximum Gasteiger partial charge on any atom is 0.273 e. The van der Waals surface area contributed by atoms with Crippen LogP contribution in [-0.4, -0.2) is 53.8 Å². The number of nitrogens with zero attached hydrogens (tertiary/aromatic N) is 3. The second-order valence-corrected chi connectivity index (χ2v) is 3.95. The largest absolute Gasteiger partial charge is 0.347 e. The maximum absolute atomic E-state index is 12.9. The molecule has 98 valence electrons. The minimum atomic E-state index is -0.712. The van der Waals surface area contributed by atoms with Gasteiger partial charge in [-0.25, -0.2) is 4.98 Å². The minimum absolute atomic E-state index is 0.00315. The molecule has 0 aliphatic carbocycles. The number of amides is 2. The van der Waals surface area contributed by atoms with E-state index in [4.69, 9.17) is 0 Å². The van der Waals surface area contributed by atoms with E-state index in [1.54, 1.807) is 21.0 Å². The topological polar surface area (TPSA) is 53.5 Å². The Bertz CT molecular complexity index is 449. The third-order valence-electron chi connectivity index (χ3n) is 2.43. The zero-order valence-electron chi connectivity index (χ0n) is 10.7. The molecule has 0 fully saturated rings. The molecule has 0 unspecified atom stereocenters. The summed E-state index contributed by atoms with van der Waals surface area (Å²) in [6.07, 6.45) is 0. The summed E-state index contributed by atoms with van der Waals surface area (Å²) in [5.74, 6) is -1.36. The normalized spacial score (nSPS) is 10.0. The number of rotatable bonds is 4. The Morgan fingerprint density at radius 2 is 2.00 bits per heavy atom. The Balaban J connectivity index is 2.83. The Morgan fingerprint density at radius 1 is 1.33 bits per heavy atom. The number of aromatic nitrogens is 1. The molecule has 0 aromatic carbocycles. The van der Waals surface area contributed by atoms with Gasteiger partial charge < -0.3 is 9.80 Å². The molecule has 2 amide bonds. The molecule has 0 spiro atoms. The Labute approximate surface area is 105 Å². The molecule has 0 saturated heterocycles. The monoisotopic (exact) mass is 253 g/mol. The van der Waals surface area contributed by atoms with Crippen molar-refractivity contribution in [3.8, 4) is 0 Å². The van der Waals surface area contributed by atoms with Crippen LogP contribution in [-0.2, 0) is 4.79 Å². The average molecular weight is 253 g/mol. The van der Waals surface area contributed by atoms with Crippen molar-refractivity contribution >= 4 is 11.8 Å². The van der Waals surface area contributed by atoms with Gasteiger partial charge in [-0.2, -0.15) is 4.39 Å². The van der Waals surface area contributed by atoms with E-state index in [-0.39, 0.29) is 18.1 Å². The zero-order chi connectivity index (χ0) is 13.7. The van der Waals surface area contributed by atoms with Crippen LogP contribution in [0.3, 0.4) is 0 Å². The predicted molar refractivity (Wildman–Crippen MR) is 64.5 cm³/mol. The smallest absolute Gasteiger partial charge is 0.273 e. The van der Waals surface area contributed by atoms with Crippen molar-refractivity contribution in [3.63, 3.8) is 0 Å². The number of hydrogen-bond acceptors (Lipinski definition) is 3. The quantitative estimate of drug-likeness (QED) is 0.745. The Hall–Kier alpha value is -1.98. The number of halogens is 1. The first-order valence-electron chi connectivity index (χ1n) is 5.57. The molecule has 5 nitrogen and oxygen atoms in total. The highest BCUT2D eigenvalue weighted by molar-refractivity contribution is 5.94. The summed E-state index contributed by atoms with van der Waals surface area (Å²) in [5.41, 5.74) is 0.00315. The van der Waals surface area contributed by atoms with Crippen LogP contribution in [0.1, 0.15) is 17.4 Å². The van der Waals surface area contributed by atoms with Gasteiger partial charge in [0.2, 0.25) is 11.9 Å². The molecule has 0 atom stereocenters. The highest BCUT2D eigenvalue weighted by Gasteiger charge is 2.19. The fourth-order valence-corrected chi connectivity index (χ4v) is 1.32. The van der Waals surface area contributed by atoms with Crippen LogP contribution in [0.25, 0.3) is 0 Å². The number of hydrogen-bond donors (Lipinski definition) is 0. The Morgan fingerprint density at radius 3 is 2.50 bits per heavy atom. The standard InChI is InChI=1S/C12H16FN3O2/c1-4-16(8-11(17)15(2)3)12(18)9-6-5-7-10(13)14-9/h5-7H,4,8H2,1-3H3. The molecular weight excluding hydrogens is 237 g/mol. The summed E-state index contributed by atoms with van der Waals surface area (Å²) < 4.78 is 12.9. The summed E-state index contributed by atoms with van der Waals surface area (Å²) in [4.78, 5) is 29.8. The molecular formula is C12H16FN3O2.